The predicted molar refractivity (Wildman–Crippen MR) is 110 cm³/mol. The smallest absolute Gasteiger partial charge is 0.280 e. The molecule has 0 bridgehead atoms. The summed E-state index contributed by atoms with van der Waals surface area (Å²) in [5, 5.41) is 0.465. The molecule has 0 saturated carbocycles. The summed E-state index contributed by atoms with van der Waals surface area (Å²) in [4.78, 5) is 30.1. The van der Waals surface area contributed by atoms with Gasteiger partial charge < -0.3 is 0 Å². The van der Waals surface area contributed by atoms with Gasteiger partial charge in [0.05, 0.1) is 11.1 Å². The summed E-state index contributed by atoms with van der Waals surface area (Å²) in [6.07, 6.45) is 4.65. The second-order valence-corrected chi connectivity index (χ2v) is 6.67. The maximum Gasteiger partial charge on any atom is 0.332 e. The quantitative estimate of drug-likeness (QED) is 0.656. The van der Waals surface area contributed by atoms with Gasteiger partial charge in [-0.2, -0.15) is 0 Å². The molecule has 3 rings (SSSR count). The Hall–Kier alpha value is -3.21. The van der Waals surface area contributed by atoms with Crippen LogP contribution < -0.4 is 11.2 Å². The molecule has 5 heteroatoms. The lowest BCUT2D eigenvalue weighted by Gasteiger charge is -2.17. The number of rotatable bonds is 5. The van der Waals surface area contributed by atoms with E-state index < -0.39 is 5.69 Å². The molecular weight excluding hydrogens is 338 g/mol. The highest BCUT2D eigenvalue weighted by Gasteiger charge is 2.20. The Morgan fingerprint density at radius 3 is 2.15 bits per heavy atom. The molecule has 0 spiro atoms. The van der Waals surface area contributed by atoms with Gasteiger partial charge in [-0.3, -0.25) is 13.9 Å². The van der Waals surface area contributed by atoms with E-state index in [0.717, 1.165) is 32.5 Å². The van der Waals surface area contributed by atoms with E-state index in [4.69, 9.17) is 4.98 Å². The van der Waals surface area contributed by atoms with Crippen molar-refractivity contribution in [3.63, 3.8) is 0 Å². The van der Waals surface area contributed by atoms with E-state index in [9.17, 15) is 9.59 Å². The van der Waals surface area contributed by atoms with Crippen molar-refractivity contribution < 1.29 is 0 Å². The van der Waals surface area contributed by atoms with Crippen molar-refractivity contribution >= 4 is 11.0 Å². The summed E-state index contributed by atoms with van der Waals surface area (Å²) in [7, 11) is 3.13. The number of nitrogens with zero attached hydrogens (tertiary/aromatic N) is 3. The zero-order valence-electron chi connectivity index (χ0n) is 16.0. The number of aromatic nitrogens is 3. The van der Waals surface area contributed by atoms with E-state index in [2.05, 4.69) is 13.2 Å². The molecule has 1 aromatic carbocycles. The summed E-state index contributed by atoms with van der Waals surface area (Å²) < 4.78 is 2.55. The van der Waals surface area contributed by atoms with Gasteiger partial charge in [-0.1, -0.05) is 42.0 Å². The van der Waals surface area contributed by atoms with Crippen LogP contribution in [0, 0.1) is 6.92 Å². The largest absolute Gasteiger partial charge is 0.332 e. The van der Waals surface area contributed by atoms with Gasteiger partial charge in [0.15, 0.2) is 0 Å². The van der Waals surface area contributed by atoms with Crippen molar-refractivity contribution in [1.29, 1.82) is 0 Å². The molecule has 0 fully saturated rings. The van der Waals surface area contributed by atoms with E-state index >= 15 is 0 Å². The summed E-state index contributed by atoms with van der Waals surface area (Å²) in [6.45, 7) is 9.74. The van der Waals surface area contributed by atoms with Gasteiger partial charge >= 0.3 is 5.69 Å². The predicted octanol–water partition coefficient (Wildman–Crippen LogP) is 3.06. The highest BCUT2D eigenvalue weighted by Crippen LogP contribution is 2.30. The summed E-state index contributed by atoms with van der Waals surface area (Å²) in [6, 6.07) is 8.06. The first-order chi connectivity index (χ1) is 12.9. The number of aryl methyl sites for hydroxylation is 2. The number of allylic oxidation sites excluding steroid dienone is 2. The van der Waals surface area contributed by atoms with Gasteiger partial charge in [-0.25, -0.2) is 9.78 Å². The molecule has 0 aliphatic heterocycles. The minimum atomic E-state index is -0.393. The summed E-state index contributed by atoms with van der Waals surface area (Å²) in [5.74, 6) is 0. The molecule has 0 radical (unpaired) electrons. The topological polar surface area (TPSA) is 56.9 Å². The van der Waals surface area contributed by atoms with Gasteiger partial charge in [0, 0.05) is 19.7 Å². The number of hydrogen-bond acceptors (Lipinski definition) is 3. The maximum atomic E-state index is 12.9. The Balaban J connectivity index is 2.56. The molecule has 0 amide bonds. The fourth-order valence-corrected chi connectivity index (χ4v) is 3.38. The molecular formula is C22H23N3O2. The first-order valence-corrected chi connectivity index (χ1v) is 8.81. The Morgan fingerprint density at radius 1 is 0.963 bits per heavy atom. The molecule has 0 unspecified atom stereocenters. The highest BCUT2D eigenvalue weighted by atomic mass is 16.2. The normalized spacial score (nSPS) is 10.9. The van der Waals surface area contributed by atoms with E-state index in [1.165, 1.54) is 11.6 Å². The van der Waals surface area contributed by atoms with Crippen LogP contribution in [0.2, 0.25) is 0 Å². The molecule has 0 N–H and O–H groups in total. The van der Waals surface area contributed by atoms with Gasteiger partial charge in [-0.15, -0.1) is 13.2 Å². The monoisotopic (exact) mass is 361 g/mol. The number of benzene rings is 1. The fourth-order valence-electron chi connectivity index (χ4n) is 3.38. The Bertz CT molecular complexity index is 1170. The molecule has 0 atom stereocenters. The van der Waals surface area contributed by atoms with Crippen molar-refractivity contribution in [1.82, 2.24) is 14.1 Å². The van der Waals surface area contributed by atoms with Crippen LogP contribution in [0.25, 0.3) is 22.3 Å². The van der Waals surface area contributed by atoms with Gasteiger partial charge in [0.2, 0.25) is 0 Å². The SMILES string of the molecule is C=CCc1c(-c2ccc(C)cc2)nc2c(c1CC=C)c(=O)n(C)c(=O)n2C. The van der Waals surface area contributed by atoms with Crippen LogP contribution >= 0.6 is 0 Å². The summed E-state index contributed by atoms with van der Waals surface area (Å²) >= 11 is 0. The summed E-state index contributed by atoms with van der Waals surface area (Å²) in [5.41, 5.74) is 4.31. The van der Waals surface area contributed by atoms with Crippen LogP contribution in [-0.2, 0) is 26.9 Å². The minimum Gasteiger partial charge on any atom is -0.280 e. The van der Waals surface area contributed by atoms with Crippen molar-refractivity contribution in [3.05, 3.63) is 87.1 Å². The van der Waals surface area contributed by atoms with Crippen LogP contribution in [0.15, 0.2) is 59.2 Å². The van der Waals surface area contributed by atoms with Gasteiger partial charge in [-0.05, 0) is 30.9 Å². The molecule has 5 nitrogen and oxygen atoms in total. The van der Waals surface area contributed by atoms with Crippen molar-refractivity contribution in [2.45, 2.75) is 19.8 Å². The van der Waals surface area contributed by atoms with Crippen LogP contribution in [0.5, 0.6) is 0 Å². The zero-order chi connectivity index (χ0) is 19.7. The third kappa shape index (κ3) is 3.05. The number of hydrogen-bond donors (Lipinski definition) is 0. The average Bonchev–Trinajstić information content (AvgIpc) is 2.66. The Kier molecular flexibility index (Phi) is 4.95. The van der Waals surface area contributed by atoms with Crippen molar-refractivity contribution in [2.24, 2.45) is 14.1 Å². The van der Waals surface area contributed by atoms with E-state index in [1.807, 2.05) is 31.2 Å². The Morgan fingerprint density at radius 2 is 1.56 bits per heavy atom. The molecule has 3 aromatic rings. The minimum absolute atomic E-state index is 0.335. The molecule has 27 heavy (non-hydrogen) atoms. The lowest BCUT2D eigenvalue weighted by Crippen LogP contribution is -2.38. The van der Waals surface area contributed by atoms with Crippen LogP contribution in [-0.4, -0.2) is 14.1 Å². The van der Waals surface area contributed by atoms with Crippen molar-refractivity contribution in [3.8, 4) is 11.3 Å². The zero-order valence-corrected chi connectivity index (χ0v) is 16.0. The second-order valence-electron chi connectivity index (χ2n) is 6.67. The van der Waals surface area contributed by atoms with Gasteiger partial charge in [0.1, 0.15) is 5.65 Å². The third-order valence-corrected chi connectivity index (χ3v) is 4.83. The first-order valence-electron chi connectivity index (χ1n) is 8.81. The molecule has 0 saturated heterocycles. The van der Waals surface area contributed by atoms with Crippen LogP contribution in [0.4, 0.5) is 0 Å². The Labute approximate surface area is 157 Å². The third-order valence-electron chi connectivity index (χ3n) is 4.83. The average molecular weight is 361 g/mol. The molecule has 0 aliphatic carbocycles. The molecule has 2 aromatic heterocycles. The second kappa shape index (κ2) is 7.19. The number of pyridine rings is 1. The molecule has 2 heterocycles. The first kappa shape index (κ1) is 18.6. The van der Waals surface area contributed by atoms with Crippen LogP contribution in [0.3, 0.4) is 0 Å². The van der Waals surface area contributed by atoms with E-state index in [1.54, 1.807) is 19.2 Å². The number of fused-ring (bicyclic) bond motifs is 1. The molecule has 0 aliphatic rings. The molecule has 138 valence electrons. The van der Waals surface area contributed by atoms with Crippen molar-refractivity contribution in [2.75, 3.05) is 0 Å². The maximum absolute atomic E-state index is 12.9. The van der Waals surface area contributed by atoms with E-state index in [-0.39, 0.29) is 5.56 Å². The van der Waals surface area contributed by atoms with Crippen LogP contribution in [0.1, 0.15) is 16.7 Å². The standard InChI is InChI=1S/C22H23N3O2/c1-6-8-16-17(9-7-2)19(15-12-10-14(3)11-13-15)23-20-18(16)21(26)25(5)22(27)24(20)4/h6-7,10-13H,1-2,8-9H2,3-5H3. The van der Waals surface area contributed by atoms with Gasteiger partial charge in [0.25, 0.3) is 5.56 Å². The van der Waals surface area contributed by atoms with E-state index in [0.29, 0.717) is 23.9 Å². The lowest BCUT2D eigenvalue weighted by atomic mass is 9.94. The lowest BCUT2D eigenvalue weighted by molar-refractivity contribution is 0.706. The fraction of sp³-hybridized carbons (Fsp3) is 0.227. The highest BCUT2D eigenvalue weighted by molar-refractivity contribution is 5.85.